The van der Waals surface area contributed by atoms with E-state index in [4.69, 9.17) is 20.9 Å². The normalized spacial score (nSPS) is 18.6. The van der Waals surface area contributed by atoms with Crippen molar-refractivity contribution in [2.45, 2.75) is 44.5 Å². The molecule has 0 radical (unpaired) electrons. The lowest BCUT2D eigenvalue weighted by molar-refractivity contribution is -0.138. The number of aromatic nitrogens is 3. The smallest absolute Gasteiger partial charge is 0.420 e. The predicted octanol–water partition coefficient (Wildman–Crippen LogP) is 7.55. The molecule has 2 aromatic carbocycles. The Labute approximate surface area is 301 Å². The van der Waals surface area contributed by atoms with Crippen molar-refractivity contribution in [2.75, 3.05) is 49.7 Å². The van der Waals surface area contributed by atoms with Crippen LogP contribution in [0.4, 0.5) is 47.4 Å². The van der Waals surface area contributed by atoms with E-state index in [2.05, 4.69) is 15.0 Å². The molecule has 10 nitrogen and oxygen atoms in total. The van der Waals surface area contributed by atoms with E-state index in [0.29, 0.717) is 16.9 Å². The van der Waals surface area contributed by atoms with Gasteiger partial charge in [0.15, 0.2) is 5.82 Å². The summed E-state index contributed by atoms with van der Waals surface area (Å²) in [7, 11) is 1.65. The average Bonchev–Trinajstić information content (AvgIpc) is 3.58. The lowest BCUT2D eigenvalue weighted by Gasteiger charge is -2.30. The highest BCUT2D eigenvalue weighted by molar-refractivity contribution is 7.23. The van der Waals surface area contributed by atoms with Crippen molar-refractivity contribution in [2.24, 2.45) is 5.92 Å². The number of alkyl halides is 5. The molecular formula is C35H31F7N8O2S. The number of ether oxygens (including phenoxy) is 2. The molecule has 7 rings (SSSR count). The summed E-state index contributed by atoms with van der Waals surface area (Å²) in [5.74, 6) is -7.08. The van der Waals surface area contributed by atoms with E-state index in [0.717, 1.165) is 19.1 Å². The van der Waals surface area contributed by atoms with Crippen molar-refractivity contribution in [1.82, 2.24) is 19.9 Å². The second-order valence-corrected chi connectivity index (χ2v) is 14.2. The molecule has 5 heterocycles. The van der Waals surface area contributed by atoms with Crippen molar-refractivity contribution in [1.29, 1.82) is 5.26 Å². The summed E-state index contributed by atoms with van der Waals surface area (Å²) >= 11 is 0.641. The third-order valence-electron chi connectivity index (χ3n) is 9.93. The Morgan fingerprint density at radius 3 is 2.55 bits per heavy atom. The number of hydrogen-bond acceptors (Lipinski definition) is 11. The molecule has 53 heavy (non-hydrogen) atoms. The second kappa shape index (κ2) is 13.1. The third-order valence-corrected chi connectivity index (χ3v) is 11.0. The molecule has 4 N–H and O–H groups in total. The van der Waals surface area contributed by atoms with E-state index in [1.807, 2.05) is 0 Å². The molecule has 1 fully saturated rings. The van der Waals surface area contributed by atoms with Crippen molar-refractivity contribution in [3.63, 3.8) is 0 Å². The van der Waals surface area contributed by atoms with E-state index in [-0.39, 0.29) is 65.0 Å². The van der Waals surface area contributed by atoms with Crippen molar-refractivity contribution >= 4 is 49.0 Å². The van der Waals surface area contributed by atoms with Gasteiger partial charge in [-0.15, -0.1) is 11.3 Å². The van der Waals surface area contributed by atoms with Crippen LogP contribution < -0.4 is 25.8 Å². The van der Waals surface area contributed by atoms with E-state index in [1.165, 1.54) is 6.20 Å². The number of fused-ring (bicyclic) bond motifs is 1. The van der Waals surface area contributed by atoms with E-state index >= 15 is 22.0 Å². The number of nitrogens with two attached hydrogens (primary N) is 2. The van der Waals surface area contributed by atoms with Gasteiger partial charge < -0.3 is 25.8 Å². The molecule has 0 aliphatic carbocycles. The number of nitrogen functional groups attached to an aromatic ring is 2. The number of rotatable bonds is 7. The summed E-state index contributed by atoms with van der Waals surface area (Å²) in [6.45, 7) is 2.03. The van der Waals surface area contributed by atoms with Crippen molar-refractivity contribution < 1.29 is 40.2 Å². The van der Waals surface area contributed by atoms with Gasteiger partial charge in [0.25, 0.3) is 0 Å². The first-order valence-electron chi connectivity index (χ1n) is 16.4. The lowest BCUT2D eigenvalue weighted by Crippen LogP contribution is -2.32. The Morgan fingerprint density at radius 1 is 1.13 bits per heavy atom. The molecule has 2 aliphatic heterocycles. The molecular weight excluding hydrogens is 729 g/mol. The highest BCUT2D eigenvalue weighted by atomic mass is 32.1. The molecule has 0 spiro atoms. The zero-order valence-electron chi connectivity index (χ0n) is 28.4. The maximum absolute atomic E-state index is 17.3. The van der Waals surface area contributed by atoms with Crippen LogP contribution in [0.25, 0.3) is 32.1 Å². The minimum absolute atomic E-state index is 0.0664. The largest absolute Gasteiger partial charge is 0.490 e. The molecule has 5 aromatic rings. The Kier molecular flexibility index (Phi) is 8.92. The standard InChI is InChI=1S/C35H31F7N8O2S/c1-15(18-5-4-8-46-30(18)44)50-9-10-51-28-24-27(47-33(48-32(24)50)52-14-17-11-16(13-49(17)3)34(2,38)39)26(37)23(25(28)35(40,41)42)19-6-7-21(36)29-22(19)20(12-43)31(45)53-29/h4-8,15-17H,9-11,13-14,45H2,1-3H3,(H2,44,46)/t15-,16?,17?/m1/s1. The quantitative estimate of drug-likeness (QED) is 0.160. The van der Waals surface area contributed by atoms with Gasteiger partial charge in [-0.2, -0.15) is 28.4 Å². The van der Waals surface area contributed by atoms with Crippen LogP contribution in [0.3, 0.4) is 0 Å². The van der Waals surface area contributed by atoms with Crippen LogP contribution in [-0.2, 0) is 6.18 Å². The Morgan fingerprint density at radius 2 is 1.89 bits per heavy atom. The minimum atomic E-state index is -5.26. The number of halogens is 7. The number of likely N-dealkylation sites (tertiary alicyclic amines) is 1. The fourth-order valence-corrected chi connectivity index (χ4v) is 8.15. The zero-order valence-corrected chi connectivity index (χ0v) is 29.2. The fraction of sp³-hybridized carbons (Fsp3) is 0.371. The number of hydrogen-bond donors (Lipinski definition) is 2. The molecule has 3 aromatic heterocycles. The Balaban J connectivity index is 1.50. The monoisotopic (exact) mass is 760 g/mol. The average molecular weight is 761 g/mol. The molecule has 278 valence electrons. The number of anilines is 3. The Bertz CT molecular complexity index is 2310. The van der Waals surface area contributed by atoms with Gasteiger partial charge >= 0.3 is 12.2 Å². The van der Waals surface area contributed by atoms with Gasteiger partial charge in [-0.05, 0) is 45.0 Å². The van der Waals surface area contributed by atoms with E-state index < -0.39 is 81.1 Å². The van der Waals surface area contributed by atoms with Crippen LogP contribution in [0.2, 0.25) is 0 Å². The number of nitriles is 1. The van der Waals surface area contributed by atoms with E-state index in [1.54, 1.807) is 42.0 Å². The molecule has 0 amide bonds. The molecule has 2 unspecified atom stereocenters. The highest BCUT2D eigenvalue weighted by Crippen LogP contribution is 2.54. The first-order chi connectivity index (χ1) is 25.0. The van der Waals surface area contributed by atoms with Crippen LogP contribution in [-0.4, -0.2) is 65.2 Å². The Hall–Kier alpha value is -5.15. The van der Waals surface area contributed by atoms with Gasteiger partial charge in [0, 0.05) is 41.2 Å². The highest BCUT2D eigenvalue weighted by Gasteiger charge is 2.45. The molecule has 0 saturated carbocycles. The molecule has 1 saturated heterocycles. The van der Waals surface area contributed by atoms with Gasteiger partial charge in [0.1, 0.15) is 58.6 Å². The van der Waals surface area contributed by atoms with E-state index in [9.17, 15) is 14.0 Å². The van der Waals surface area contributed by atoms with Gasteiger partial charge in [0.05, 0.1) is 28.2 Å². The van der Waals surface area contributed by atoms with Crippen molar-refractivity contribution in [3.8, 4) is 29.0 Å². The predicted molar refractivity (Wildman–Crippen MR) is 185 cm³/mol. The molecule has 2 aliphatic rings. The zero-order chi connectivity index (χ0) is 38.1. The topological polar surface area (TPSA) is 139 Å². The summed E-state index contributed by atoms with van der Waals surface area (Å²) in [6.07, 6.45) is -3.72. The summed E-state index contributed by atoms with van der Waals surface area (Å²) in [6, 6.07) is 5.27. The second-order valence-electron chi connectivity index (χ2n) is 13.2. The van der Waals surface area contributed by atoms with Crippen LogP contribution in [0, 0.1) is 28.9 Å². The third kappa shape index (κ3) is 6.14. The number of nitrogens with zero attached hydrogens (tertiary/aromatic N) is 6. The number of thiophene rings is 1. The van der Waals surface area contributed by atoms with Crippen LogP contribution >= 0.6 is 11.3 Å². The van der Waals surface area contributed by atoms with Gasteiger partial charge in [-0.25, -0.2) is 22.5 Å². The summed E-state index contributed by atoms with van der Waals surface area (Å²) < 4.78 is 118. The molecule has 3 atom stereocenters. The number of benzene rings is 2. The van der Waals surface area contributed by atoms with Crippen LogP contribution in [0.1, 0.15) is 43.0 Å². The minimum Gasteiger partial charge on any atom is -0.490 e. The number of pyridine rings is 1. The number of likely N-dealkylation sites (N-methyl/N-ethyl adjacent to an activating group) is 1. The van der Waals surface area contributed by atoms with Gasteiger partial charge in [-0.3, -0.25) is 4.90 Å². The summed E-state index contributed by atoms with van der Waals surface area (Å²) in [5.41, 5.74) is 8.66. The SMILES string of the molecule is C[C@H](c1cccnc1N)N1CCOc2c(C(F)(F)F)c(-c3ccc(F)c4sc(N)c(C#N)c34)c(F)c3nc(OCC4CC(C(C)(F)F)CN4C)nc1c23. The lowest BCUT2D eigenvalue weighted by atomic mass is 9.91. The van der Waals surface area contributed by atoms with Gasteiger partial charge in [-0.1, -0.05) is 12.1 Å². The van der Waals surface area contributed by atoms with Crippen LogP contribution in [0.5, 0.6) is 11.8 Å². The van der Waals surface area contributed by atoms with Crippen LogP contribution in [0.15, 0.2) is 30.5 Å². The maximum atomic E-state index is 17.3. The first kappa shape index (κ1) is 36.2. The van der Waals surface area contributed by atoms with Crippen molar-refractivity contribution in [3.05, 3.63) is 58.8 Å². The molecule has 0 bridgehead atoms. The first-order valence-corrected chi connectivity index (χ1v) is 17.2. The molecule has 18 heteroatoms. The fourth-order valence-electron chi connectivity index (χ4n) is 7.21. The summed E-state index contributed by atoms with van der Waals surface area (Å²) in [4.78, 5) is 16.2. The maximum Gasteiger partial charge on any atom is 0.420 e. The summed E-state index contributed by atoms with van der Waals surface area (Å²) in [5, 5.41) is 8.99. The van der Waals surface area contributed by atoms with Gasteiger partial charge in [0.2, 0.25) is 5.92 Å².